The maximum Gasteiger partial charge on any atom is 0.240 e. The fourth-order valence-electron chi connectivity index (χ4n) is 2.89. The quantitative estimate of drug-likeness (QED) is 0.805. The highest BCUT2D eigenvalue weighted by atomic mass is 16.5. The van der Waals surface area contributed by atoms with E-state index in [9.17, 15) is 4.79 Å². The van der Waals surface area contributed by atoms with E-state index in [4.69, 9.17) is 10.5 Å². The Morgan fingerprint density at radius 3 is 3.00 bits per heavy atom. The molecule has 2 fully saturated rings. The third kappa shape index (κ3) is 2.47. The van der Waals surface area contributed by atoms with Crippen LogP contribution in [0.4, 0.5) is 0 Å². The zero-order chi connectivity index (χ0) is 12.4. The number of carbonyl (C=O) groups excluding carboxylic acids is 1. The summed E-state index contributed by atoms with van der Waals surface area (Å²) in [7, 11) is 0. The highest BCUT2D eigenvalue weighted by Gasteiger charge is 2.40. The Labute approximate surface area is 103 Å². The molecule has 4 nitrogen and oxygen atoms in total. The van der Waals surface area contributed by atoms with Crippen molar-refractivity contribution in [3.05, 3.63) is 0 Å². The Morgan fingerprint density at radius 1 is 1.53 bits per heavy atom. The van der Waals surface area contributed by atoms with Gasteiger partial charge in [0.15, 0.2) is 0 Å². The number of ether oxygens (including phenoxy) is 1. The van der Waals surface area contributed by atoms with E-state index >= 15 is 0 Å². The molecule has 4 atom stereocenters. The third-order valence-corrected chi connectivity index (χ3v) is 4.31. The number of fused-ring (bicyclic) bond motifs is 1. The number of hydrogen-bond donors (Lipinski definition) is 1. The predicted molar refractivity (Wildman–Crippen MR) is 66.5 cm³/mol. The van der Waals surface area contributed by atoms with Gasteiger partial charge in [0.05, 0.1) is 24.8 Å². The highest BCUT2D eigenvalue weighted by Crippen LogP contribution is 2.30. The van der Waals surface area contributed by atoms with Gasteiger partial charge in [-0.05, 0) is 25.2 Å². The SMILES string of the molecule is CC[C@H](C)[C@H](N)C(=O)N1CCOC2CCCC21. The second-order valence-corrected chi connectivity index (χ2v) is 5.35. The molecule has 0 aromatic carbocycles. The van der Waals surface area contributed by atoms with Gasteiger partial charge in [-0.15, -0.1) is 0 Å². The number of amides is 1. The van der Waals surface area contributed by atoms with Crippen molar-refractivity contribution >= 4 is 5.91 Å². The summed E-state index contributed by atoms with van der Waals surface area (Å²) in [6, 6.07) is -0.0642. The maximum atomic E-state index is 12.4. The molecule has 1 heterocycles. The van der Waals surface area contributed by atoms with E-state index in [1.165, 1.54) is 0 Å². The van der Waals surface area contributed by atoms with Crippen molar-refractivity contribution in [1.82, 2.24) is 4.90 Å². The number of hydrogen-bond acceptors (Lipinski definition) is 3. The molecule has 0 spiro atoms. The summed E-state index contributed by atoms with van der Waals surface area (Å²) in [5.41, 5.74) is 6.05. The van der Waals surface area contributed by atoms with Crippen LogP contribution in [0.2, 0.25) is 0 Å². The molecule has 2 unspecified atom stereocenters. The molecule has 1 amide bonds. The van der Waals surface area contributed by atoms with E-state index in [-0.39, 0.29) is 30.0 Å². The van der Waals surface area contributed by atoms with Gasteiger partial charge < -0.3 is 15.4 Å². The van der Waals surface area contributed by atoms with Gasteiger partial charge >= 0.3 is 0 Å². The first-order valence-electron chi connectivity index (χ1n) is 6.82. The molecule has 1 saturated carbocycles. The Bertz CT molecular complexity index is 283. The van der Waals surface area contributed by atoms with Gasteiger partial charge in [-0.3, -0.25) is 4.79 Å². The predicted octanol–water partition coefficient (Wildman–Crippen LogP) is 1.14. The van der Waals surface area contributed by atoms with E-state index in [2.05, 4.69) is 13.8 Å². The number of nitrogens with two attached hydrogens (primary N) is 1. The van der Waals surface area contributed by atoms with Crippen LogP contribution in [-0.4, -0.2) is 42.1 Å². The third-order valence-electron chi connectivity index (χ3n) is 4.31. The van der Waals surface area contributed by atoms with E-state index < -0.39 is 0 Å². The van der Waals surface area contributed by atoms with Gasteiger partial charge in [0.2, 0.25) is 5.91 Å². The molecule has 0 aromatic heterocycles. The minimum atomic E-state index is -0.348. The van der Waals surface area contributed by atoms with Crippen LogP contribution in [0.15, 0.2) is 0 Å². The van der Waals surface area contributed by atoms with Crippen LogP contribution in [0, 0.1) is 5.92 Å². The van der Waals surface area contributed by atoms with Crippen LogP contribution >= 0.6 is 0 Å². The van der Waals surface area contributed by atoms with Gasteiger partial charge in [-0.1, -0.05) is 20.3 Å². The summed E-state index contributed by atoms with van der Waals surface area (Å²) >= 11 is 0. The minimum absolute atomic E-state index is 0.125. The molecular weight excluding hydrogens is 216 g/mol. The van der Waals surface area contributed by atoms with Gasteiger partial charge in [0.25, 0.3) is 0 Å². The molecule has 1 aliphatic heterocycles. The smallest absolute Gasteiger partial charge is 0.240 e. The molecule has 0 radical (unpaired) electrons. The van der Waals surface area contributed by atoms with E-state index in [0.29, 0.717) is 13.2 Å². The largest absolute Gasteiger partial charge is 0.374 e. The van der Waals surface area contributed by atoms with Gasteiger partial charge in [-0.2, -0.15) is 0 Å². The van der Waals surface area contributed by atoms with Crippen molar-refractivity contribution in [3.8, 4) is 0 Å². The second-order valence-electron chi connectivity index (χ2n) is 5.35. The average Bonchev–Trinajstić information content (AvgIpc) is 2.83. The molecule has 0 aromatic rings. The second kappa shape index (κ2) is 5.36. The fourth-order valence-corrected chi connectivity index (χ4v) is 2.89. The first kappa shape index (κ1) is 12.8. The van der Waals surface area contributed by atoms with Crippen LogP contribution in [-0.2, 0) is 9.53 Å². The Balaban J connectivity index is 2.02. The summed E-state index contributed by atoms with van der Waals surface area (Å²) in [6.07, 6.45) is 4.54. The standard InChI is InChI=1S/C13H24N2O2/c1-3-9(2)12(14)13(16)15-7-8-17-11-6-4-5-10(11)15/h9-12H,3-8,14H2,1-2H3/t9-,10?,11?,12-/m0/s1. The zero-order valence-electron chi connectivity index (χ0n) is 10.9. The lowest BCUT2D eigenvalue weighted by atomic mass is 9.97. The molecule has 98 valence electrons. The average molecular weight is 240 g/mol. The van der Waals surface area contributed by atoms with E-state index in [1.807, 2.05) is 4.90 Å². The molecular formula is C13H24N2O2. The molecule has 0 bridgehead atoms. The van der Waals surface area contributed by atoms with Crippen LogP contribution in [0.1, 0.15) is 39.5 Å². The summed E-state index contributed by atoms with van der Waals surface area (Å²) in [5, 5.41) is 0. The number of morpholine rings is 1. The van der Waals surface area contributed by atoms with Crippen LogP contribution in [0.25, 0.3) is 0 Å². The Kier molecular flexibility index (Phi) is 4.05. The normalized spacial score (nSPS) is 32.1. The van der Waals surface area contributed by atoms with Crippen LogP contribution in [0.3, 0.4) is 0 Å². The van der Waals surface area contributed by atoms with Crippen molar-refractivity contribution in [2.45, 2.75) is 57.7 Å². The van der Waals surface area contributed by atoms with Crippen molar-refractivity contribution in [2.24, 2.45) is 11.7 Å². The van der Waals surface area contributed by atoms with Crippen molar-refractivity contribution in [3.63, 3.8) is 0 Å². The molecule has 2 N–H and O–H groups in total. The summed E-state index contributed by atoms with van der Waals surface area (Å²) in [5.74, 6) is 0.379. The first-order chi connectivity index (χ1) is 8.15. The van der Waals surface area contributed by atoms with E-state index in [0.717, 1.165) is 25.7 Å². The van der Waals surface area contributed by atoms with E-state index in [1.54, 1.807) is 0 Å². The maximum absolute atomic E-state index is 12.4. The topological polar surface area (TPSA) is 55.6 Å². The monoisotopic (exact) mass is 240 g/mol. The molecule has 1 saturated heterocycles. The summed E-state index contributed by atoms with van der Waals surface area (Å²) in [6.45, 7) is 5.51. The number of nitrogens with zero attached hydrogens (tertiary/aromatic N) is 1. The highest BCUT2D eigenvalue weighted by molar-refractivity contribution is 5.82. The molecule has 1 aliphatic carbocycles. The van der Waals surface area contributed by atoms with Crippen molar-refractivity contribution in [1.29, 1.82) is 0 Å². The van der Waals surface area contributed by atoms with Crippen LogP contribution < -0.4 is 5.73 Å². The zero-order valence-corrected chi connectivity index (χ0v) is 10.9. The first-order valence-corrected chi connectivity index (χ1v) is 6.82. The van der Waals surface area contributed by atoms with Crippen molar-refractivity contribution < 1.29 is 9.53 Å². The lowest BCUT2D eigenvalue weighted by Crippen LogP contribution is -2.57. The van der Waals surface area contributed by atoms with Crippen LogP contribution in [0.5, 0.6) is 0 Å². The Morgan fingerprint density at radius 2 is 2.29 bits per heavy atom. The minimum Gasteiger partial charge on any atom is -0.374 e. The Hall–Kier alpha value is -0.610. The van der Waals surface area contributed by atoms with Gasteiger partial charge in [0, 0.05) is 6.54 Å². The fraction of sp³-hybridized carbons (Fsp3) is 0.923. The molecule has 2 rings (SSSR count). The summed E-state index contributed by atoms with van der Waals surface area (Å²) in [4.78, 5) is 14.4. The number of rotatable bonds is 3. The van der Waals surface area contributed by atoms with Gasteiger partial charge in [0.1, 0.15) is 0 Å². The van der Waals surface area contributed by atoms with Gasteiger partial charge in [-0.25, -0.2) is 0 Å². The molecule has 4 heteroatoms. The lowest BCUT2D eigenvalue weighted by Gasteiger charge is -2.39. The molecule has 2 aliphatic rings. The lowest BCUT2D eigenvalue weighted by molar-refractivity contribution is -0.146. The summed E-state index contributed by atoms with van der Waals surface area (Å²) < 4.78 is 5.71. The van der Waals surface area contributed by atoms with Crippen molar-refractivity contribution in [2.75, 3.05) is 13.2 Å². The number of carbonyl (C=O) groups is 1. The molecule has 17 heavy (non-hydrogen) atoms.